The quantitative estimate of drug-likeness (QED) is 0.541. The standard InChI is InChI=1S/C9H7NO/c1-2-3-4-5-6-7-8-9(10)11/h1H,7-8H2,(H2,10,11). The Hall–Kier alpha value is -1.85. The molecular weight excluding hydrogens is 138 g/mol. The Bertz CT molecular complexity index is 287. The van der Waals surface area contributed by atoms with Gasteiger partial charge in [0.1, 0.15) is 0 Å². The van der Waals surface area contributed by atoms with Crippen LogP contribution in [-0.4, -0.2) is 5.91 Å². The third-order valence-electron chi connectivity index (χ3n) is 0.782. The van der Waals surface area contributed by atoms with Gasteiger partial charge in [-0.15, -0.1) is 6.42 Å². The van der Waals surface area contributed by atoms with Crippen LogP contribution in [0.4, 0.5) is 0 Å². The number of terminal acetylenes is 1. The molecule has 0 saturated carbocycles. The second-order valence-electron chi connectivity index (χ2n) is 1.66. The maximum Gasteiger partial charge on any atom is 0.218 e. The number of hydrogen-bond donors (Lipinski definition) is 1. The monoisotopic (exact) mass is 145 g/mol. The molecule has 2 N–H and O–H groups in total. The SMILES string of the molecule is C#CC#CC#CCCC(N)=O. The van der Waals surface area contributed by atoms with Crippen molar-refractivity contribution in [1.82, 2.24) is 0 Å². The van der Waals surface area contributed by atoms with Gasteiger partial charge in [-0.25, -0.2) is 0 Å². The molecule has 0 aromatic heterocycles. The van der Waals surface area contributed by atoms with Gasteiger partial charge in [-0.1, -0.05) is 5.92 Å². The van der Waals surface area contributed by atoms with Crippen LogP contribution in [0.2, 0.25) is 0 Å². The maximum atomic E-state index is 10.2. The van der Waals surface area contributed by atoms with Crippen molar-refractivity contribution in [2.24, 2.45) is 5.73 Å². The summed E-state index contributed by atoms with van der Waals surface area (Å²) in [6.45, 7) is 0. The Balaban J connectivity index is 3.59. The summed E-state index contributed by atoms with van der Waals surface area (Å²) in [5, 5.41) is 0. The fourth-order valence-electron chi connectivity index (χ4n) is 0.360. The smallest absolute Gasteiger partial charge is 0.218 e. The van der Waals surface area contributed by atoms with Crippen LogP contribution in [0.25, 0.3) is 0 Å². The minimum Gasteiger partial charge on any atom is -0.370 e. The minimum absolute atomic E-state index is 0.269. The van der Waals surface area contributed by atoms with Gasteiger partial charge in [0.15, 0.2) is 0 Å². The van der Waals surface area contributed by atoms with Gasteiger partial charge >= 0.3 is 0 Å². The molecule has 0 aliphatic carbocycles. The molecule has 2 heteroatoms. The van der Waals surface area contributed by atoms with Crippen molar-refractivity contribution in [2.75, 3.05) is 0 Å². The zero-order valence-electron chi connectivity index (χ0n) is 5.98. The number of primary amides is 1. The van der Waals surface area contributed by atoms with Crippen LogP contribution in [0.5, 0.6) is 0 Å². The second kappa shape index (κ2) is 6.27. The minimum atomic E-state index is -0.357. The lowest BCUT2D eigenvalue weighted by Gasteiger charge is -1.82. The first-order chi connectivity index (χ1) is 5.27. The van der Waals surface area contributed by atoms with E-state index in [0.29, 0.717) is 6.42 Å². The fourth-order valence-corrected chi connectivity index (χ4v) is 0.360. The second-order valence-corrected chi connectivity index (χ2v) is 1.66. The lowest BCUT2D eigenvalue weighted by molar-refractivity contribution is -0.117. The molecule has 0 fully saturated rings. The third-order valence-corrected chi connectivity index (χ3v) is 0.782. The van der Waals surface area contributed by atoms with Crippen LogP contribution in [0, 0.1) is 36.0 Å². The van der Waals surface area contributed by atoms with E-state index >= 15 is 0 Å². The van der Waals surface area contributed by atoms with E-state index in [2.05, 4.69) is 29.6 Å². The van der Waals surface area contributed by atoms with E-state index in [-0.39, 0.29) is 12.3 Å². The predicted molar refractivity (Wildman–Crippen MR) is 42.8 cm³/mol. The van der Waals surface area contributed by atoms with Crippen LogP contribution in [0.3, 0.4) is 0 Å². The highest BCUT2D eigenvalue weighted by Crippen LogP contribution is 1.81. The van der Waals surface area contributed by atoms with Crippen LogP contribution in [0.15, 0.2) is 0 Å². The summed E-state index contributed by atoms with van der Waals surface area (Å²) in [7, 11) is 0. The first-order valence-corrected chi connectivity index (χ1v) is 2.99. The topological polar surface area (TPSA) is 43.1 Å². The summed E-state index contributed by atoms with van der Waals surface area (Å²) in [6.07, 6.45) is 5.53. The summed E-state index contributed by atoms with van der Waals surface area (Å²) in [4.78, 5) is 10.2. The van der Waals surface area contributed by atoms with Gasteiger partial charge in [0, 0.05) is 12.8 Å². The summed E-state index contributed by atoms with van der Waals surface area (Å²) in [5.74, 6) is 11.6. The molecule has 1 amide bonds. The van der Waals surface area contributed by atoms with Crippen molar-refractivity contribution in [1.29, 1.82) is 0 Å². The van der Waals surface area contributed by atoms with Gasteiger partial charge in [-0.2, -0.15) is 0 Å². The van der Waals surface area contributed by atoms with Gasteiger partial charge in [0.25, 0.3) is 0 Å². The maximum absolute atomic E-state index is 10.2. The van der Waals surface area contributed by atoms with Gasteiger partial charge in [-0.05, 0) is 23.7 Å². The molecule has 0 bridgehead atoms. The van der Waals surface area contributed by atoms with E-state index in [0.717, 1.165) is 0 Å². The molecule has 0 heterocycles. The van der Waals surface area contributed by atoms with E-state index in [1.807, 2.05) is 0 Å². The zero-order valence-corrected chi connectivity index (χ0v) is 5.98. The van der Waals surface area contributed by atoms with Crippen molar-refractivity contribution in [3.63, 3.8) is 0 Å². The highest BCUT2D eigenvalue weighted by Gasteiger charge is 1.87. The Morgan fingerprint density at radius 3 is 2.64 bits per heavy atom. The predicted octanol–water partition coefficient (Wildman–Crippen LogP) is -0.108. The number of carbonyl (C=O) groups excluding carboxylic acids is 1. The van der Waals surface area contributed by atoms with E-state index < -0.39 is 0 Å². The van der Waals surface area contributed by atoms with Crippen molar-refractivity contribution in [2.45, 2.75) is 12.8 Å². The lowest BCUT2D eigenvalue weighted by atomic mass is 10.3. The van der Waals surface area contributed by atoms with Crippen molar-refractivity contribution in [3.05, 3.63) is 0 Å². The van der Waals surface area contributed by atoms with Crippen molar-refractivity contribution < 1.29 is 4.79 Å². The molecular formula is C9H7NO. The van der Waals surface area contributed by atoms with Crippen LogP contribution in [-0.2, 0) is 4.79 Å². The number of amides is 1. The van der Waals surface area contributed by atoms with Gasteiger partial charge in [-0.3, -0.25) is 4.79 Å². The van der Waals surface area contributed by atoms with Crippen molar-refractivity contribution in [3.8, 4) is 36.0 Å². The molecule has 0 spiro atoms. The highest BCUT2D eigenvalue weighted by atomic mass is 16.1. The van der Waals surface area contributed by atoms with E-state index in [4.69, 9.17) is 12.2 Å². The number of hydrogen-bond acceptors (Lipinski definition) is 1. The Labute approximate surface area is 66.2 Å². The number of nitrogens with two attached hydrogens (primary N) is 1. The normalized spacial score (nSPS) is 6.09. The summed E-state index contributed by atoms with van der Waals surface area (Å²) in [5.41, 5.74) is 4.86. The van der Waals surface area contributed by atoms with Gasteiger partial charge < -0.3 is 5.73 Å². The lowest BCUT2D eigenvalue weighted by Crippen LogP contribution is -2.08. The van der Waals surface area contributed by atoms with Crippen molar-refractivity contribution >= 4 is 5.91 Å². The number of carbonyl (C=O) groups is 1. The highest BCUT2D eigenvalue weighted by molar-refractivity contribution is 5.73. The molecule has 0 aromatic carbocycles. The van der Waals surface area contributed by atoms with Gasteiger partial charge in [0.05, 0.1) is 0 Å². The molecule has 54 valence electrons. The molecule has 2 nitrogen and oxygen atoms in total. The number of rotatable bonds is 2. The molecule has 0 atom stereocenters. The Morgan fingerprint density at radius 1 is 1.36 bits per heavy atom. The first-order valence-electron chi connectivity index (χ1n) is 2.99. The Morgan fingerprint density at radius 2 is 2.09 bits per heavy atom. The fraction of sp³-hybridized carbons (Fsp3) is 0.222. The molecule has 0 aromatic rings. The van der Waals surface area contributed by atoms with Gasteiger partial charge in [0.2, 0.25) is 5.91 Å². The van der Waals surface area contributed by atoms with Crippen LogP contribution < -0.4 is 5.73 Å². The largest absolute Gasteiger partial charge is 0.370 e. The van der Waals surface area contributed by atoms with E-state index in [1.165, 1.54) is 0 Å². The van der Waals surface area contributed by atoms with Crippen LogP contribution >= 0.6 is 0 Å². The average Bonchev–Trinajstić information content (AvgIpc) is 1.96. The molecule has 0 saturated heterocycles. The summed E-state index contributed by atoms with van der Waals surface area (Å²) >= 11 is 0. The molecule has 0 aliphatic rings. The zero-order chi connectivity index (χ0) is 8.53. The third kappa shape index (κ3) is 8.15. The first kappa shape index (κ1) is 9.15. The van der Waals surface area contributed by atoms with Crippen LogP contribution in [0.1, 0.15) is 12.8 Å². The summed E-state index contributed by atoms with van der Waals surface area (Å²) < 4.78 is 0. The molecule has 0 rings (SSSR count). The molecule has 0 aliphatic heterocycles. The molecule has 11 heavy (non-hydrogen) atoms. The Kier molecular flexibility index (Phi) is 5.22. The molecule has 0 unspecified atom stereocenters. The van der Waals surface area contributed by atoms with E-state index in [9.17, 15) is 4.79 Å². The summed E-state index contributed by atoms with van der Waals surface area (Å²) in [6, 6.07) is 0. The van der Waals surface area contributed by atoms with E-state index in [1.54, 1.807) is 0 Å². The molecule has 0 radical (unpaired) electrons. The average molecular weight is 145 g/mol.